The highest BCUT2D eigenvalue weighted by Crippen LogP contribution is 2.13. The van der Waals surface area contributed by atoms with Crippen molar-refractivity contribution in [2.75, 3.05) is 16.8 Å². The normalized spacial score (nSPS) is 12.2. The lowest BCUT2D eigenvalue weighted by atomic mass is 10.2. The fourth-order valence-electron chi connectivity index (χ4n) is 1.46. The summed E-state index contributed by atoms with van der Waals surface area (Å²) >= 11 is 1.86. The quantitative estimate of drug-likeness (QED) is 0.817. The molecule has 4 nitrogen and oxygen atoms in total. The van der Waals surface area contributed by atoms with Gasteiger partial charge >= 0.3 is 5.97 Å². The number of carboxylic acid groups (broad SMARTS) is 1. The van der Waals surface area contributed by atoms with E-state index in [1.54, 1.807) is 19.1 Å². The largest absolute Gasteiger partial charge is 0.478 e. The third kappa shape index (κ3) is 4.26. The molecular weight excluding hydrogens is 236 g/mol. The van der Waals surface area contributed by atoms with E-state index >= 15 is 0 Å². The Morgan fingerprint density at radius 2 is 2.29 bits per heavy atom. The molecule has 1 unspecified atom stereocenters. The van der Waals surface area contributed by atoms with Gasteiger partial charge in [-0.15, -0.1) is 0 Å². The van der Waals surface area contributed by atoms with Crippen molar-refractivity contribution in [1.82, 2.24) is 4.98 Å². The van der Waals surface area contributed by atoms with Crippen LogP contribution < -0.4 is 5.32 Å². The smallest absolute Gasteiger partial charge is 0.337 e. The van der Waals surface area contributed by atoms with Crippen molar-refractivity contribution in [1.29, 1.82) is 0 Å². The van der Waals surface area contributed by atoms with E-state index < -0.39 is 5.97 Å². The molecule has 1 heterocycles. The maximum absolute atomic E-state index is 10.8. The maximum atomic E-state index is 10.8. The highest BCUT2D eigenvalue weighted by molar-refractivity contribution is 7.99. The summed E-state index contributed by atoms with van der Waals surface area (Å²) in [5, 5.41) is 12.1. The monoisotopic (exact) mass is 254 g/mol. The van der Waals surface area contributed by atoms with Gasteiger partial charge in [0, 0.05) is 11.8 Å². The Balaban J connectivity index is 2.67. The second-order valence-electron chi connectivity index (χ2n) is 3.84. The lowest BCUT2D eigenvalue weighted by molar-refractivity contribution is 0.0695. The molecule has 1 rings (SSSR count). The summed E-state index contributed by atoms with van der Waals surface area (Å²) < 4.78 is 0. The minimum absolute atomic E-state index is 0.256. The first kappa shape index (κ1) is 13.8. The number of aryl methyl sites for hydroxylation is 1. The molecular formula is C12H18N2O2S. The SMILES string of the molecule is CCSCC(C)Nc1ccc(C(=O)O)c(C)n1. The highest BCUT2D eigenvalue weighted by atomic mass is 32.2. The molecule has 0 spiro atoms. The second-order valence-corrected chi connectivity index (χ2v) is 5.16. The van der Waals surface area contributed by atoms with Crippen molar-refractivity contribution >= 4 is 23.5 Å². The number of aromatic carboxylic acids is 1. The number of nitrogens with one attached hydrogen (secondary N) is 1. The summed E-state index contributed by atoms with van der Waals surface area (Å²) in [6.45, 7) is 5.92. The molecule has 0 aromatic carbocycles. The number of pyridine rings is 1. The van der Waals surface area contributed by atoms with Crippen LogP contribution in [0.1, 0.15) is 29.9 Å². The number of thioether (sulfide) groups is 1. The maximum Gasteiger partial charge on any atom is 0.337 e. The van der Waals surface area contributed by atoms with E-state index in [-0.39, 0.29) is 5.56 Å². The standard InChI is InChI=1S/C12H18N2O2S/c1-4-17-7-8(2)13-11-6-5-10(12(15)16)9(3)14-11/h5-6,8H,4,7H2,1-3H3,(H,13,14)(H,15,16). The Labute approximate surface area is 106 Å². The fraction of sp³-hybridized carbons (Fsp3) is 0.500. The number of hydrogen-bond acceptors (Lipinski definition) is 4. The number of aromatic nitrogens is 1. The van der Waals surface area contributed by atoms with E-state index in [2.05, 4.69) is 24.1 Å². The first-order valence-corrected chi connectivity index (χ1v) is 6.75. The lowest BCUT2D eigenvalue weighted by Crippen LogP contribution is -2.19. The average Bonchev–Trinajstić information content (AvgIpc) is 2.26. The Hall–Kier alpha value is -1.23. The average molecular weight is 254 g/mol. The number of nitrogens with zero attached hydrogens (tertiary/aromatic N) is 1. The summed E-state index contributed by atoms with van der Waals surface area (Å²) in [5.74, 6) is 1.90. The fourth-order valence-corrected chi connectivity index (χ4v) is 2.13. The van der Waals surface area contributed by atoms with E-state index in [1.807, 2.05) is 11.8 Å². The minimum Gasteiger partial charge on any atom is -0.478 e. The van der Waals surface area contributed by atoms with E-state index in [4.69, 9.17) is 5.11 Å². The second kappa shape index (κ2) is 6.49. The van der Waals surface area contributed by atoms with Gasteiger partial charge < -0.3 is 10.4 Å². The van der Waals surface area contributed by atoms with Crippen LogP contribution in [-0.4, -0.2) is 33.6 Å². The third-order valence-electron chi connectivity index (χ3n) is 2.28. The Morgan fingerprint density at radius 3 is 2.82 bits per heavy atom. The molecule has 5 heteroatoms. The van der Waals surface area contributed by atoms with E-state index in [0.29, 0.717) is 11.7 Å². The number of anilines is 1. The van der Waals surface area contributed by atoms with Gasteiger partial charge in [0.05, 0.1) is 11.3 Å². The van der Waals surface area contributed by atoms with E-state index in [9.17, 15) is 4.79 Å². The zero-order valence-electron chi connectivity index (χ0n) is 10.4. The van der Waals surface area contributed by atoms with Crippen LogP contribution in [0.15, 0.2) is 12.1 Å². The van der Waals surface area contributed by atoms with Gasteiger partial charge in [0.2, 0.25) is 0 Å². The third-order valence-corrected chi connectivity index (χ3v) is 3.43. The van der Waals surface area contributed by atoms with E-state index in [1.165, 1.54) is 0 Å². The predicted octanol–water partition coefficient (Wildman–Crippen LogP) is 2.64. The molecule has 0 amide bonds. The van der Waals surface area contributed by atoms with Gasteiger partial charge in [-0.3, -0.25) is 0 Å². The highest BCUT2D eigenvalue weighted by Gasteiger charge is 2.09. The number of carbonyl (C=O) groups is 1. The lowest BCUT2D eigenvalue weighted by Gasteiger charge is -2.14. The summed E-state index contributed by atoms with van der Waals surface area (Å²) in [4.78, 5) is 15.1. The first-order valence-electron chi connectivity index (χ1n) is 5.59. The van der Waals surface area contributed by atoms with Crippen LogP contribution in [0, 0.1) is 6.92 Å². The minimum atomic E-state index is -0.934. The molecule has 0 fully saturated rings. The van der Waals surface area contributed by atoms with Crippen LogP contribution >= 0.6 is 11.8 Å². The van der Waals surface area contributed by atoms with Crippen LogP contribution in [0.4, 0.5) is 5.82 Å². The molecule has 1 aromatic heterocycles. The molecule has 1 atom stereocenters. The Morgan fingerprint density at radius 1 is 1.59 bits per heavy atom. The van der Waals surface area contributed by atoms with Crippen LogP contribution in [0.25, 0.3) is 0 Å². The van der Waals surface area contributed by atoms with Crippen LogP contribution in [0.3, 0.4) is 0 Å². The van der Waals surface area contributed by atoms with Gasteiger partial charge in [-0.05, 0) is 31.7 Å². The molecule has 0 aliphatic carbocycles. The van der Waals surface area contributed by atoms with Crippen molar-refractivity contribution in [2.24, 2.45) is 0 Å². The number of rotatable bonds is 6. The Kier molecular flexibility index (Phi) is 5.28. The molecule has 0 bridgehead atoms. The predicted molar refractivity (Wildman–Crippen MR) is 72.0 cm³/mol. The molecule has 0 saturated carbocycles. The van der Waals surface area contributed by atoms with Gasteiger partial charge in [-0.25, -0.2) is 9.78 Å². The first-order chi connectivity index (χ1) is 8.04. The summed E-state index contributed by atoms with van der Waals surface area (Å²) in [5.41, 5.74) is 0.795. The Bertz CT molecular complexity index is 396. The van der Waals surface area contributed by atoms with Gasteiger partial charge in [-0.2, -0.15) is 11.8 Å². The zero-order chi connectivity index (χ0) is 12.8. The number of hydrogen-bond donors (Lipinski definition) is 2. The van der Waals surface area contributed by atoms with Crippen molar-refractivity contribution < 1.29 is 9.90 Å². The number of carboxylic acids is 1. The van der Waals surface area contributed by atoms with Crippen molar-refractivity contribution in [3.63, 3.8) is 0 Å². The molecule has 0 aliphatic heterocycles. The summed E-state index contributed by atoms with van der Waals surface area (Å²) in [6.07, 6.45) is 0. The van der Waals surface area contributed by atoms with Gasteiger partial charge in [0.15, 0.2) is 0 Å². The van der Waals surface area contributed by atoms with Crippen molar-refractivity contribution in [3.05, 3.63) is 23.4 Å². The summed E-state index contributed by atoms with van der Waals surface area (Å²) in [7, 11) is 0. The molecule has 2 N–H and O–H groups in total. The van der Waals surface area contributed by atoms with Crippen LogP contribution in [-0.2, 0) is 0 Å². The van der Waals surface area contributed by atoms with Gasteiger partial charge in [0.25, 0.3) is 0 Å². The van der Waals surface area contributed by atoms with Crippen molar-refractivity contribution in [2.45, 2.75) is 26.8 Å². The molecule has 0 radical (unpaired) electrons. The van der Waals surface area contributed by atoms with E-state index in [0.717, 1.165) is 17.3 Å². The summed E-state index contributed by atoms with van der Waals surface area (Å²) in [6, 6.07) is 3.62. The molecule has 1 aromatic rings. The van der Waals surface area contributed by atoms with Crippen molar-refractivity contribution in [3.8, 4) is 0 Å². The topological polar surface area (TPSA) is 62.2 Å². The molecule has 17 heavy (non-hydrogen) atoms. The molecule has 0 saturated heterocycles. The van der Waals surface area contributed by atoms with Gasteiger partial charge in [-0.1, -0.05) is 6.92 Å². The zero-order valence-corrected chi connectivity index (χ0v) is 11.2. The van der Waals surface area contributed by atoms with Crippen LogP contribution in [0.2, 0.25) is 0 Å². The van der Waals surface area contributed by atoms with Crippen LogP contribution in [0.5, 0.6) is 0 Å². The molecule has 0 aliphatic rings. The van der Waals surface area contributed by atoms with Gasteiger partial charge in [0.1, 0.15) is 5.82 Å². The molecule has 94 valence electrons.